The van der Waals surface area contributed by atoms with Crippen LogP contribution in [0.15, 0.2) is 0 Å². The van der Waals surface area contributed by atoms with Gasteiger partial charge in [0.05, 0.1) is 0 Å². The molecule has 0 spiro atoms. The number of rotatable bonds is 24. The van der Waals surface area contributed by atoms with Crippen molar-refractivity contribution in [2.24, 2.45) is 0 Å². The van der Waals surface area contributed by atoms with Crippen LogP contribution in [0.5, 0.6) is 0 Å². The lowest BCUT2D eigenvalue weighted by molar-refractivity contribution is 0.586. The van der Waals surface area contributed by atoms with E-state index in [0.29, 0.717) is 0 Å². The predicted molar refractivity (Wildman–Crippen MR) is 177 cm³/mol. The van der Waals surface area contributed by atoms with Gasteiger partial charge in [0.25, 0.3) is 0 Å². The van der Waals surface area contributed by atoms with Gasteiger partial charge in [0.1, 0.15) is 0 Å². The van der Waals surface area contributed by atoms with Crippen LogP contribution in [0.1, 0.15) is 175 Å². The van der Waals surface area contributed by atoms with Crippen molar-refractivity contribution in [2.75, 3.05) is 17.3 Å². The molecule has 0 aliphatic rings. The Morgan fingerprint density at radius 1 is 0.250 bits per heavy atom. The second-order valence-corrected chi connectivity index (χ2v) is 10.9. The van der Waals surface area contributed by atoms with E-state index in [1.807, 2.05) is 0 Å². The van der Waals surface area contributed by atoms with Crippen molar-refractivity contribution in [3.05, 3.63) is 0 Å². The van der Waals surface area contributed by atoms with Gasteiger partial charge in [-0.3, -0.25) is 14.1 Å². The second-order valence-electron chi connectivity index (χ2n) is 9.60. The Morgan fingerprint density at radius 3 is 0.528 bits per heavy atom. The lowest BCUT2D eigenvalue weighted by atomic mass is 10.1. The van der Waals surface area contributed by atoms with Crippen LogP contribution < -0.4 is 0 Å². The Kier molecular flexibility index (Phi) is 77.6. The first-order valence-electron chi connectivity index (χ1n) is 15.1. The van der Waals surface area contributed by atoms with Gasteiger partial charge in [0, 0.05) is 0 Å². The van der Waals surface area contributed by atoms with Crippen molar-refractivity contribution in [3.63, 3.8) is 0 Å². The number of hydrogen-bond donors (Lipinski definition) is 3. The smallest absolute Gasteiger partial charge is 0.00979 e. The Hall–Kier alpha value is 0.840. The molecular weight excluding hydrogens is 514 g/mol. The lowest BCUT2D eigenvalue weighted by Crippen LogP contribution is -1.80. The molecule has 0 bridgehead atoms. The van der Waals surface area contributed by atoms with E-state index >= 15 is 0 Å². The Morgan fingerprint density at radius 2 is 0.389 bits per heavy atom. The van der Waals surface area contributed by atoms with Crippen LogP contribution in [0.3, 0.4) is 0 Å². The van der Waals surface area contributed by atoms with Crippen LogP contribution in [0.25, 0.3) is 0 Å². The molecule has 36 heavy (non-hydrogen) atoms. The van der Waals surface area contributed by atoms with Gasteiger partial charge >= 0.3 is 0 Å². The minimum absolute atomic E-state index is 0. The van der Waals surface area contributed by atoms with Crippen molar-refractivity contribution < 1.29 is 14.1 Å². The summed E-state index contributed by atoms with van der Waals surface area (Å²) in [6.07, 6.45) is 33.6. The highest BCUT2D eigenvalue weighted by Gasteiger charge is 1.91. The average molecular weight is 583 g/mol. The summed E-state index contributed by atoms with van der Waals surface area (Å²) in [4.78, 5) is 0. The van der Waals surface area contributed by atoms with Gasteiger partial charge in [-0.25, -0.2) is 0 Å². The van der Waals surface area contributed by atoms with E-state index in [2.05, 4.69) is 58.7 Å². The molecule has 0 N–H and O–H groups in total. The highest BCUT2D eigenvalue weighted by atomic mass is 32.1. The normalized spacial score (nSPS) is 9.50. The fourth-order valence-corrected chi connectivity index (χ4v) is 4.41. The average Bonchev–Trinajstić information content (AvgIpc) is 2.83. The van der Waals surface area contributed by atoms with E-state index in [1.165, 1.54) is 154 Å². The summed E-state index contributed by atoms with van der Waals surface area (Å²) in [5.74, 6) is 3.19. The zero-order valence-corrected chi connectivity index (χ0v) is 27.3. The third-order valence-electron chi connectivity index (χ3n) is 6.04. The first kappa shape index (κ1) is 49.8. The van der Waals surface area contributed by atoms with E-state index in [1.54, 1.807) is 0 Å². The van der Waals surface area contributed by atoms with Crippen LogP contribution in [-0.2, 0) is 0 Å². The molecule has 6 heteroatoms. The molecule has 0 aliphatic heterocycles. The van der Waals surface area contributed by atoms with Crippen molar-refractivity contribution >= 4 is 37.9 Å². The molecule has 0 rings (SSSR count). The fraction of sp³-hybridized carbons (Fsp3) is 1.00. The summed E-state index contributed by atoms with van der Waals surface area (Å²) in [7, 11) is 0. The summed E-state index contributed by atoms with van der Waals surface area (Å²) in [5.41, 5.74) is 0. The van der Waals surface area contributed by atoms with Crippen molar-refractivity contribution in [2.45, 2.75) is 175 Å². The first-order chi connectivity index (χ1) is 16.2. The van der Waals surface area contributed by atoms with E-state index in [0.717, 1.165) is 17.3 Å². The molecule has 0 atom stereocenters. The topological polar surface area (TPSA) is 0 Å². The molecule has 0 saturated carbocycles. The summed E-state index contributed by atoms with van der Waals surface area (Å²) < 4.78 is 0. The van der Waals surface area contributed by atoms with Crippen molar-refractivity contribution in [1.82, 2.24) is 0 Å². The van der Waals surface area contributed by atoms with Gasteiger partial charge in [-0.2, -0.15) is 37.9 Å². The summed E-state index contributed by atoms with van der Waals surface area (Å²) in [5, 5.41) is 0. The van der Waals surface area contributed by atoms with Crippen LogP contribution in [0.2, 0.25) is 0 Å². The minimum Gasteiger partial charge on any atom is -0.269 e. The zero-order chi connectivity index (χ0) is 25.1. The maximum Gasteiger partial charge on any atom is -0.00979 e. The summed E-state index contributed by atoms with van der Waals surface area (Å²) >= 11 is 12.5. The van der Waals surface area contributed by atoms with E-state index in [9.17, 15) is 0 Å². The van der Waals surface area contributed by atoms with E-state index < -0.39 is 0 Å². The summed E-state index contributed by atoms with van der Waals surface area (Å²) in [6.45, 7) is 6.79. The molecule has 0 fully saturated rings. The van der Waals surface area contributed by atoms with Crippen LogP contribution in [-0.4, -0.2) is 17.3 Å². The monoisotopic (exact) mass is 582 g/mol. The molecule has 0 radical (unpaired) electrons. The van der Waals surface area contributed by atoms with Gasteiger partial charge in [-0.1, -0.05) is 156 Å². The molecule has 0 unspecified atom stereocenters. The molecule has 228 valence electrons. The number of hydrogen-bond acceptors (Lipinski definition) is 3. The number of unbranched alkanes of at least 4 members (excludes halogenated alkanes) is 21. The van der Waals surface area contributed by atoms with Gasteiger partial charge in [0.15, 0.2) is 0 Å². The van der Waals surface area contributed by atoms with Gasteiger partial charge in [-0.15, -0.1) is 0 Å². The SMILES string of the molecule is CCCCCCCCCCS.CCCCCCCCCCS.CCCCCCCCCCS.F.F.F. The van der Waals surface area contributed by atoms with E-state index in [4.69, 9.17) is 0 Å². The Labute approximate surface area is 243 Å². The number of halogens is 3. The molecule has 0 aromatic rings. The maximum absolute atomic E-state index is 4.18. The predicted octanol–water partition coefficient (Wildman–Crippen LogP) is 12.6. The van der Waals surface area contributed by atoms with Crippen molar-refractivity contribution in [1.29, 1.82) is 0 Å². The van der Waals surface area contributed by atoms with Gasteiger partial charge in [-0.05, 0) is 36.5 Å². The lowest BCUT2D eigenvalue weighted by Gasteiger charge is -1.98. The third-order valence-corrected chi connectivity index (χ3v) is 6.98. The Balaban J connectivity index is -0.0000000900. The van der Waals surface area contributed by atoms with Gasteiger partial charge < -0.3 is 0 Å². The Bertz CT molecular complexity index is 219. The quantitative estimate of drug-likeness (QED) is 0.0731. The van der Waals surface area contributed by atoms with Crippen LogP contribution in [0.4, 0.5) is 14.1 Å². The largest absolute Gasteiger partial charge is 0.269 e. The first-order valence-corrected chi connectivity index (χ1v) is 17.0. The second kappa shape index (κ2) is 56.1. The van der Waals surface area contributed by atoms with Crippen LogP contribution in [0, 0.1) is 0 Å². The molecule has 0 saturated heterocycles. The molecule has 0 aromatic heterocycles. The summed E-state index contributed by atoms with van der Waals surface area (Å²) in [6, 6.07) is 0. The number of thiol groups is 3. The maximum atomic E-state index is 4.18. The highest BCUT2D eigenvalue weighted by Crippen LogP contribution is 2.10. The molecular formula is C30H69F3S3. The third kappa shape index (κ3) is 64.7. The van der Waals surface area contributed by atoms with Gasteiger partial charge in [0.2, 0.25) is 0 Å². The molecule has 0 heterocycles. The molecule has 0 nitrogen and oxygen atoms in total. The molecule has 0 aromatic carbocycles. The van der Waals surface area contributed by atoms with Crippen LogP contribution >= 0.6 is 37.9 Å². The zero-order valence-electron chi connectivity index (χ0n) is 24.7. The van der Waals surface area contributed by atoms with Crippen molar-refractivity contribution in [3.8, 4) is 0 Å². The highest BCUT2D eigenvalue weighted by molar-refractivity contribution is 7.80. The standard InChI is InChI=1S/3C10H22S.3FH/c3*1-2-3-4-5-6-7-8-9-10-11;;;/h3*11H,2-10H2,1H3;3*1H. The minimum atomic E-state index is 0. The molecule has 0 aliphatic carbocycles. The van der Waals surface area contributed by atoms with E-state index in [-0.39, 0.29) is 14.1 Å². The molecule has 0 amide bonds. The fourth-order valence-electron chi connectivity index (χ4n) is 3.74.